The maximum absolute atomic E-state index is 12.1. The molecule has 1 spiro atoms. The summed E-state index contributed by atoms with van der Waals surface area (Å²) in [4.78, 5) is 35.1. The second-order valence-corrected chi connectivity index (χ2v) is 8.67. The standard InChI is InChI=1S/C24H23N7O3/c1-14-10-16(11-18-21(14)29-15(2)28-18)33-20-12-19(26-13-27-20)31-8-5-24(6-9-31)17-4-3-7-25-22(17)30-23(32)34-24/h3-4,7,10-13H,5-6,8-9H2,1-2H3,(H,28,29)(H,25,30,32). The van der Waals surface area contributed by atoms with Crippen LogP contribution < -0.4 is 15.0 Å². The highest BCUT2D eigenvalue weighted by molar-refractivity contribution is 5.87. The van der Waals surface area contributed by atoms with Gasteiger partial charge in [0.05, 0.1) is 11.0 Å². The predicted molar refractivity (Wildman–Crippen MR) is 125 cm³/mol. The quantitative estimate of drug-likeness (QED) is 0.470. The van der Waals surface area contributed by atoms with Gasteiger partial charge in [-0.1, -0.05) is 0 Å². The Hall–Kier alpha value is -4.21. The van der Waals surface area contributed by atoms with E-state index in [2.05, 4.69) is 35.1 Å². The number of carbonyl (C=O) groups is 1. The molecule has 2 aliphatic heterocycles. The van der Waals surface area contributed by atoms with E-state index in [0.29, 0.717) is 43.4 Å². The fourth-order valence-electron chi connectivity index (χ4n) is 4.81. The van der Waals surface area contributed by atoms with E-state index < -0.39 is 11.7 Å². The molecule has 1 fully saturated rings. The number of hydrogen-bond acceptors (Lipinski definition) is 8. The molecule has 172 valence electrons. The largest absolute Gasteiger partial charge is 0.439 e. The van der Waals surface area contributed by atoms with Crippen molar-refractivity contribution in [2.75, 3.05) is 23.3 Å². The van der Waals surface area contributed by atoms with Gasteiger partial charge in [0, 0.05) is 49.8 Å². The number of benzene rings is 1. The maximum Gasteiger partial charge on any atom is 0.413 e. The zero-order chi connectivity index (χ0) is 23.3. The number of carbonyl (C=O) groups excluding carboxylic acids is 1. The number of nitrogens with one attached hydrogen (secondary N) is 2. The Morgan fingerprint density at radius 2 is 1.97 bits per heavy atom. The first kappa shape index (κ1) is 20.4. The van der Waals surface area contributed by atoms with Gasteiger partial charge in [0.15, 0.2) is 0 Å². The van der Waals surface area contributed by atoms with Gasteiger partial charge in [-0.2, -0.15) is 0 Å². The summed E-state index contributed by atoms with van der Waals surface area (Å²) < 4.78 is 11.9. The number of imidazole rings is 1. The monoisotopic (exact) mass is 457 g/mol. The minimum absolute atomic E-state index is 0.461. The van der Waals surface area contributed by atoms with Crippen molar-refractivity contribution in [1.29, 1.82) is 0 Å². The van der Waals surface area contributed by atoms with Gasteiger partial charge >= 0.3 is 6.09 Å². The number of amides is 1. The maximum atomic E-state index is 12.1. The van der Waals surface area contributed by atoms with Crippen molar-refractivity contribution in [1.82, 2.24) is 24.9 Å². The molecule has 0 bridgehead atoms. The number of H-pyrrole nitrogens is 1. The molecule has 2 N–H and O–H groups in total. The Morgan fingerprint density at radius 1 is 1.12 bits per heavy atom. The van der Waals surface area contributed by atoms with E-state index >= 15 is 0 Å². The summed E-state index contributed by atoms with van der Waals surface area (Å²) >= 11 is 0. The third-order valence-corrected chi connectivity index (χ3v) is 6.42. The molecule has 5 heterocycles. The summed E-state index contributed by atoms with van der Waals surface area (Å²) in [5, 5.41) is 2.69. The minimum Gasteiger partial charge on any atom is -0.439 e. The number of aromatic amines is 1. The van der Waals surface area contributed by atoms with E-state index in [9.17, 15) is 4.79 Å². The van der Waals surface area contributed by atoms with Gasteiger partial charge in [-0.05, 0) is 37.6 Å². The molecular weight excluding hydrogens is 434 g/mol. The van der Waals surface area contributed by atoms with E-state index in [4.69, 9.17) is 9.47 Å². The third-order valence-electron chi connectivity index (χ3n) is 6.42. The number of anilines is 2. The lowest BCUT2D eigenvalue weighted by molar-refractivity contribution is -0.00853. The molecule has 0 radical (unpaired) electrons. The number of aryl methyl sites for hydroxylation is 2. The number of hydrogen-bond donors (Lipinski definition) is 2. The Bertz CT molecular complexity index is 1410. The Morgan fingerprint density at radius 3 is 2.82 bits per heavy atom. The van der Waals surface area contributed by atoms with Crippen LogP contribution in [0.25, 0.3) is 11.0 Å². The average molecular weight is 457 g/mol. The van der Waals surface area contributed by atoms with Gasteiger partial charge in [-0.25, -0.2) is 24.7 Å². The molecule has 10 nitrogen and oxygen atoms in total. The summed E-state index contributed by atoms with van der Waals surface area (Å²) in [7, 11) is 0. The Balaban J connectivity index is 1.21. The molecule has 2 aliphatic rings. The van der Waals surface area contributed by atoms with Crippen molar-refractivity contribution in [3.05, 3.63) is 59.8 Å². The van der Waals surface area contributed by atoms with Gasteiger partial charge < -0.3 is 19.4 Å². The normalized spacial score (nSPS) is 16.8. The molecule has 0 atom stereocenters. The predicted octanol–water partition coefficient (Wildman–Crippen LogP) is 4.21. The SMILES string of the molecule is Cc1nc2c(C)cc(Oc3cc(N4CCC5(CC4)OC(=O)Nc4ncccc45)ncn3)cc2[nH]1. The number of nitrogens with zero attached hydrogens (tertiary/aromatic N) is 5. The van der Waals surface area contributed by atoms with Crippen LogP contribution >= 0.6 is 0 Å². The van der Waals surface area contributed by atoms with Crippen molar-refractivity contribution >= 4 is 28.8 Å². The van der Waals surface area contributed by atoms with Gasteiger partial charge in [0.1, 0.15) is 35.1 Å². The molecule has 3 aromatic heterocycles. The number of aromatic nitrogens is 5. The Labute approximate surface area is 195 Å². The average Bonchev–Trinajstić information content (AvgIpc) is 3.20. The summed E-state index contributed by atoms with van der Waals surface area (Å²) in [5.41, 5.74) is 3.13. The minimum atomic E-state index is -0.677. The van der Waals surface area contributed by atoms with Gasteiger partial charge in [-0.15, -0.1) is 0 Å². The van der Waals surface area contributed by atoms with Crippen LogP contribution in [0, 0.1) is 13.8 Å². The van der Waals surface area contributed by atoms with Crippen LogP contribution in [0.4, 0.5) is 16.4 Å². The highest BCUT2D eigenvalue weighted by Crippen LogP contribution is 2.43. The van der Waals surface area contributed by atoms with E-state index in [1.165, 1.54) is 6.33 Å². The summed E-state index contributed by atoms with van der Waals surface area (Å²) in [6.07, 6.45) is 3.98. The van der Waals surface area contributed by atoms with Crippen molar-refractivity contribution in [3.8, 4) is 11.6 Å². The highest BCUT2D eigenvalue weighted by Gasteiger charge is 2.45. The van der Waals surface area contributed by atoms with Crippen molar-refractivity contribution in [3.63, 3.8) is 0 Å². The first-order chi connectivity index (χ1) is 16.5. The van der Waals surface area contributed by atoms with Crippen molar-refractivity contribution < 1.29 is 14.3 Å². The molecule has 0 aliphatic carbocycles. The molecule has 0 unspecified atom stereocenters. The number of piperidine rings is 1. The van der Waals surface area contributed by atoms with Crippen LogP contribution in [0.15, 0.2) is 42.9 Å². The second-order valence-electron chi connectivity index (χ2n) is 8.67. The summed E-state index contributed by atoms with van der Waals surface area (Å²) in [6.45, 7) is 5.26. The van der Waals surface area contributed by atoms with E-state index in [0.717, 1.165) is 33.8 Å². The zero-order valence-electron chi connectivity index (χ0n) is 18.8. The molecule has 34 heavy (non-hydrogen) atoms. The molecule has 1 amide bonds. The number of ether oxygens (including phenoxy) is 2. The molecule has 10 heteroatoms. The van der Waals surface area contributed by atoms with Crippen LogP contribution in [-0.2, 0) is 10.3 Å². The van der Waals surface area contributed by atoms with Gasteiger partial charge in [-0.3, -0.25) is 5.32 Å². The van der Waals surface area contributed by atoms with Crippen LogP contribution in [0.1, 0.15) is 29.8 Å². The first-order valence-electron chi connectivity index (χ1n) is 11.2. The van der Waals surface area contributed by atoms with Crippen molar-refractivity contribution in [2.45, 2.75) is 32.3 Å². The van der Waals surface area contributed by atoms with Crippen LogP contribution in [0.3, 0.4) is 0 Å². The fraction of sp³-hybridized carbons (Fsp3) is 0.292. The molecule has 4 aromatic rings. The topological polar surface area (TPSA) is 118 Å². The van der Waals surface area contributed by atoms with E-state index in [1.54, 1.807) is 6.20 Å². The lowest BCUT2D eigenvalue weighted by atomic mass is 9.83. The third kappa shape index (κ3) is 3.47. The van der Waals surface area contributed by atoms with Crippen LogP contribution in [0.5, 0.6) is 11.6 Å². The summed E-state index contributed by atoms with van der Waals surface area (Å²) in [5.74, 6) is 3.34. The van der Waals surface area contributed by atoms with Crippen LogP contribution in [0.2, 0.25) is 0 Å². The fourth-order valence-corrected chi connectivity index (χ4v) is 4.81. The second kappa shape index (κ2) is 7.68. The lowest BCUT2D eigenvalue weighted by Gasteiger charge is -2.44. The van der Waals surface area contributed by atoms with Crippen molar-refractivity contribution in [2.24, 2.45) is 0 Å². The van der Waals surface area contributed by atoms with Gasteiger partial charge in [0.2, 0.25) is 5.88 Å². The van der Waals surface area contributed by atoms with Crippen LogP contribution in [-0.4, -0.2) is 44.1 Å². The number of pyridine rings is 1. The molecule has 0 saturated carbocycles. The molecule has 6 rings (SSSR count). The number of rotatable bonds is 3. The number of fused-ring (bicyclic) bond motifs is 3. The molecule has 1 saturated heterocycles. The Kier molecular flexibility index (Phi) is 4.61. The summed E-state index contributed by atoms with van der Waals surface area (Å²) in [6, 6.07) is 9.54. The smallest absolute Gasteiger partial charge is 0.413 e. The molecule has 1 aromatic carbocycles. The van der Waals surface area contributed by atoms with Gasteiger partial charge in [0.25, 0.3) is 0 Å². The lowest BCUT2D eigenvalue weighted by Crippen LogP contribution is -2.48. The zero-order valence-corrected chi connectivity index (χ0v) is 18.8. The van der Waals surface area contributed by atoms with E-state index in [1.807, 2.05) is 44.2 Å². The first-order valence-corrected chi connectivity index (χ1v) is 11.2. The molecular formula is C24H23N7O3. The van der Waals surface area contributed by atoms with E-state index in [-0.39, 0.29) is 0 Å². The highest BCUT2D eigenvalue weighted by atomic mass is 16.6.